The standard InChI is InChI=1S/C26H34BN5O6/c1-16(2)13-22(27-32(5,17(3)25(35)37-27)18(4)26(36)38-27)31-23(33)20(14-19-9-7-6-8-10-19)30-24(34)21-15-28-11-12-29-21/h6-12,15-18,20,22H,13-14H2,1-5H3,(H,30,34)(H,31,33)/t17-,18-,20+,22+,27?,32?/m1/s1. The Labute approximate surface area is 221 Å². The molecule has 2 aromatic rings. The van der Waals surface area contributed by atoms with Gasteiger partial charge in [0.2, 0.25) is 5.91 Å². The smallest absolute Gasteiger partial charge is 0.599 e. The summed E-state index contributed by atoms with van der Waals surface area (Å²) in [5, 5.41) is 5.77. The van der Waals surface area contributed by atoms with Gasteiger partial charge in [0.25, 0.3) is 5.91 Å². The lowest BCUT2D eigenvalue weighted by Gasteiger charge is -2.49. The molecule has 0 unspecified atom stereocenters. The third-order valence-electron chi connectivity index (χ3n) is 7.96. The quantitative estimate of drug-likeness (QED) is 0.468. The fourth-order valence-corrected chi connectivity index (χ4v) is 5.58. The van der Waals surface area contributed by atoms with Crippen LogP contribution in [-0.4, -0.2) is 75.9 Å². The van der Waals surface area contributed by atoms with Crippen molar-refractivity contribution in [1.29, 1.82) is 0 Å². The fourth-order valence-electron chi connectivity index (χ4n) is 5.58. The Morgan fingerprint density at radius 3 is 2.21 bits per heavy atom. The van der Waals surface area contributed by atoms with Gasteiger partial charge in [-0.25, -0.2) is 14.6 Å². The van der Waals surface area contributed by atoms with Gasteiger partial charge in [0, 0.05) is 25.9 Å². The van der Waals surface area contributed by atoms with Crippen molar-refractivity contribution in [2.45, 2.75) is 64.6 Å². The van der Waals surface area contributed by atoms with E-state index in [1.807, 2.05) is 44.2 Å². The Morgan fingerprint density at radius 1 is 1.03 bits per heavy atom. The highest BCUT2D eigenvalue weighted by molar-refractivity contribution is 6.68. The molecular weight excluding hydrogens is 489 g/mol. The molecule has 2 saturated heterocycles. The topological polar surface area (TPSA) is 137 Å². The number of carbonyl (C=O) groups excluding carboxylic acids is 4. The van der Waals surface area contributed by atoms with E-state index in [0.717, 1.165) is 5.56 Å². The van der Waals surface area contributed by atoms with Crippen molar-refractivity contribution < 1.29 is 32.9 Å². The van der Waals surface area contributed by atoms with Gasteiger partial charge in [0.15, 0.2) is 0 Å². The number of carbonyl (C=O) groups is 4. The van der Waals surface area contributed by atoms with Crippen LogP contribution in [0.3, 0.4) is 0 Å². The minimum atomic E-state index is -2.61. The maximum absolute atomic E-state index is 13.8. The molecule has 4 atom stereocenters. The summed E-state index contributed by atoms with van der Waals surface area (Å²) in [6, 6.07) is 6.98. The minimum Gasteiger partial charge on any atom is -0.599 e. The molecule has 2 fully saturated rings. The highest BCUT2D eigenvalue weighted by Crippen LogP contribution is 2.44. The second-order valence-corrected chi connectivity index (χ2v) is 10.7. The molecule has 0 aliphatic carbocycles. The van der Waals surface area contributed by atoms with Gasteiger partial charge in [0.1, 0.15) is 23.8 Å². The number of fused-ring (bicyclic) bond motifs is 1. The zero-order chi connectivity index (χ0) is 27.7. The zero-order valence-electron chi connectivity index (χ0n) is 22.3. The molecule has 0 spiro atoms. The first-order chi connectivity index (χ1) is 18.0. The van der Waals surface area contributed by atoms with Gasteiger partial charge < -0.3 is 24.3 Å². The normalized spacial score (nSPS) is 27.7. The zero-order valence-corrected chi connectivity index (χ0v) is 22.3. The van der Waals surface area contributed by atoms with Crippen molar-refractivity contribution in [2.24, 2.45) is 5.92 Å². The Kier molecular flexibility index (Phi) is 7.55. The molecule has 202 valence electrons. The number of likely N-dealkylation sites (N-methyl/N-ethyl adjacent to an activating group) is 1. The van der Waals surface area contributed by atoms with E-state index in [4.69, 9.17) is 9.31 Å². The van der Waals surface area contributed by atoms with E-state index < -0.39 is 54.5 Å². The van der Waals surface area contributed by atoms with Crippen molar-refractivity contribution >= 4 is 30.4 Å². The molecule has 2 amide bonds. The molecule has 3 heterocycles. The van der Waals surface area contributed by atoms with E-state index >= 15 is 0 Å². The van der Waals surface area contributed by atoms with Crippen molar-refractivity contribution in [2.75, 3.05) is 7.05 Å². The van der Waals surface area contributed by atoms with Gasteiger partial charge in [-0.3, -0.25) is 14.6 Å². The van der Waals surface area contributed by atoms with Crippen molar-refractivity contribution in [1.82, 2.24) is 20.6 Å². The van der Waals surface area contributed by atoms with Crippen LogP contribution in [0.1, 0.15) is 50.2 Å². The summed E-state index contributed by atoms with van der Waals surface area (Å²) < 4.78 is 11.7. The first-order valence-corrected chi connectivity index (χ1v) is 12.9. The first-order valence-electron chi connectivity index (χ1n) is 12.9. The SMILES string of the molecule is CC(C)C[C@H](NC(=O)[C@H](Cc1ccccc1)NC(=O)c1cnccn1)[B-]12OC(=O)[C@@H](C)[N+]1(C)[C@H](C)C(=O)O2. The van der Waals surface area contributed by atoms with E-state index in [1.54, 1.807) is 20.9 Å². The van der Waals surface area contributed by atoms with Crippen LogP contribution in [0.2, 0.25) is 0 Å². The van der Waals surface area contributed by atoms with Gasteiger partial charge in [-0.05, 0) is 31.7 Å². The summed E-state index contributed by atoms with van der Waals surface area (Å²) in [6.07, 6.45) is 4.75. The van der Waals surface area contributed by atoms with Crippen LogP contribution in [-0.2, 0) is 30.1 Å². The van der Waals surface area contributed by atoms with Crippen LogP contribution >= 0.6 is 0 Å². The van der Waals surface area contributed by atoms with Gasteiger partial charge in [0.05, 0.1) is 12.1 Å². The molecule has 1 aromatic heterocycles. The van der Waals surface area contributed by atoms with Crippen molar-refractivity contribution in [3.63, 3.8) is 0 Å². The van der Waals surface area contributed by atoms with E-state index in [1.165, 1.54) is 18.6 Å². The lowest BCUT2D eigenvalue weighted by molar-refractivity contribution is -0.840. The maximum atomic E-state index is 13.8. The number of nitrogens with one attached hydrogen (secondary N) is 2. The van der Waals surface area contributed by atoms with Crippen LogP contribution in [0, 0.1) is 5.92 Å². The predicted molar refractivity (Wildman–Crippen MR) is 138 cm³/mol. The molecule has 12 heteroatoms. The number of amides is 2. The summed E-state index contributed by atoms with van der Waals surface area (Å²) in [7, 11) is 1.77. The lowest BCUT2D eigenvalue weighted by Crippen LogP contribution is -2.74. The number of hydrogen-bond acceptors (Lipinski definition) is 8. The van der Waals surface area contributed by atoms with Crippen LogP contribution in [0.4, 0.5) is 0 Å². The summed E-state index contributed by atoms with van der Waals surface area (Å²) >= 11 is 0. The monoisotopic (exact) mass is 523 g/mol. The van der Waals surface area contributed by atoms with E-state index in [-0.39, 0.29) is 22.4 Å². The molecular formula is C26H34BN5O6. The number of benzene rings is 1. The van der Waals surface area contributed by atoms with Crippen molar-refractivity contribution in [3.8, 4) is 0 Å². The van der Waals surface area contributed by atoms with Gasteiger partial charge in [-0.2, -0.15) is 0 Å². The second kappa shape index (κ2) is 10.5. The average molecular weight is 523 g/mol. The summed E-state index contributed by atoms with van der Waals surface area (Å²) in [6.45, 7) is 4.73. The third kappa shape index (κ3) is 4.76. The van der Waals surface area contributed by atoms with Crippen LogP contribution in [0.5, 0.6) is 0 Å². The Hall–Kier alpha value is -3.80. The van der Waals surface area contributed by atoms with Gasteiger partial charge in [-0.15, -0.1) is 0 Å². The van der Waals surface area contributed by atoms with E-state index in [2.05, 4.69) is 20.6 Å². The number of quaternary nitrogens is 1. The Bertz CT molecular complexity index is 1190. The summed E-state index contributed by atoms with van der Waals surface area (Å²) in [5.74, 6) is -2.75. The molecule has 38 heavy (non-hydrogen) atoms. The predicted octanol–water partition coefficient (Wildman–Crippen LogP) is 1.16. The highest BCUT2D eigenvalue weighted by atomic mass is 16.7. The number of aromatic nitrogens is 2. The fraction of sp³-hybridized carbons (Fsp3) is 0.462. The number of rotatable bonds is 9. The maximum Gasteiger partial charge on any atom is 0.605 e. The molecule has 2 N–H and O–H groups in total. The van der Waals surface area contributed by atoms with Crippen molar-refractivity contribution in [3.05, 3.63) is 60.2 Å². The lowest BCUT2D eigenvalue weighted by atomic mass is 9.57. The molecule has 4 rings (SSSR count). The van der Waals surface area contributed by atoms with E-state index in [9.17, 15) is 19.2 Å². The second-order valence-electron chi connectivity index (χ2n) is 10.7. The van der Waals surface area contributed by atoms with Crippen LogP contribution < -0.4 is 10.6 Å². The van der Waals surface area contributed by atoms with Gasteiger partial charge in [-0.1, -0.05) is 44.2 Å². The van der Waals surface area contributed by atoms with Gasteiger partial charge >= 0.3 is 18.6 Å². The summed E-state index contributed by atoms with van der Waals surface area (Å²) in [5.41, 5.74) is 0.903. The minimum absolute atomic E-state index is 0.0657. The average Bonchev–Trinajstić information content (AvgIpc) is 3.21. The third-order valence-corrected chi connectivity index (χ3v) is 7.96. The molecule has 1 aromatic carbocycles. The molecule has 2 aliphatic heterocycles. The number of hydrogen-bond donors (Lipinski definition) is 2. The Morgan fingerprint density at radius 2 is 1.66 bits per heavy atom. The molecule has 0 radical (unpaired) electrons. The Balaban J connectivity index is 1.67. The van der Waals surface area contributed by atoms with Crippen LogP contribution in [0.15, 0.2) is 48.9 Å². The molecule has 2 aliphatic rings. The van der Waals surface area contributed by atoms with E-state index in [0.29, 0.717) is 6.42 Å². The summed E-state index contributed by atoms with van der Waals surface area (Å²) in [4.78, 5) is 60.3. The molecule has 11 nitrogen and oxygen atoms in total. The highest BCUT2D eigenvalue weighted by Gasteiger charge is 2.74. The molecule has 0 saturated carbocycles. The first kappa shape index (κ1) is 27.2. The van der Waals surface area contributed by atoms with Crippen LogP contribution in [0.25, 0.3) is 0 Å². The number of nitrogens with zero attached hydrogens (tertiary/aromatic N) is 3. The molecule has 0 bridgehead atoms. The largest absolute Gasteiger partial charge is 0.605 e.